The van der Waals surface area contributed by atoms with Crippen molar-refractivity contribution in [3.05, 3.63) is 42.1 Å². The molecule has 0 radical (unpaired) electrons. The fourth-order valence-corrected chi connectivity index (χ4v) is 6.45. The van der Waals surface area contributed by atoms with E-state index in [1.165, 1.54) is 0 Å². The molecular weight excluding hydrogens is 467 g/mol. The minimum absolute atomic E-state index is 0.00727. The van der Waals surface area contributed by atoms with Gasteiger partial charge < -0.3 is 19.5 Å². The summed E-state index contributed by atoms with van der Waals surface area (Å²) in [5.74, 6) is 1.61. The van der Waals surface area contributed by atoms with Gasteiger partial charge in [0, 0.05) is 68.6 Å². The fraction of sp³-hybridized carbons (Fsp3) is 0.556. The number of hydrogen-bond acceptors (Lipinski definition) is 5. The Labute approximate surface area is 208 Å². The quantitative estimate of drug-likeness (QED) is 0.523. The molecule has 6 rings (SSSR count). The van der Waals surface area contributed by atoms with Crippen LogP contribution in [0.25, 0.3) is 22.2 Å². The van der Waals surface area contributed by atoms with E-state index in [0.717, 1.165) is 75.5 Å². The van der Waals surface area contributed by atoms with E-state index in [4.69, 9.17) is 4.74 Å². The number of fused-ring (bicyclic) bond motifs is 2. The molecule has 0 spiro atoms. The van der Waals surface area contributed by atoms with Crippen molar-refractivity contribution in [2.45, 2.75) is 37.9 Å². The average Bonchev–Trinajstić information content (AvgIpc) is 3.52. The summed E-state index contributed by atoms with van der Waals surface area (Å²) in [6, 6.07) is 8.61. The Hall–Kier alpha value is -2.65. The van der Waals surface area contributed by atoms with Crippen LogP contribution in [-0.2, 0) is 18.0 Å². The van der Waals surface area contributed by atoms with Crippen molar-refractivity contribution < 1.29 is 17.9 Å². The number of likely N-dealkylation sites (tertiary alicyclic amines) is 1. The van der Waals surface area contributed by atoms with Crippen LogP contribution >= 0.6 is 0 Å². The van der Waals surface area contributed by atoms with Crippen LogP contribution in [0.15, 0.2) is 36.5 Å². The SMILES string of the molecule is Cn1ccc2cc(-c3cc(C(F)(F)F)c(NC4C[C@@H]5CN(CC6CCOCC6)C[C@H]5C4)nn3)ccc21. The van der Waals surface area contributed by atoms with Crippen molar-refractivity contribution in [3.63, 3.8) is 0 Å². The number of nitrogens with zero attached hydrogens (tertiary/aromatic N) is 4. The molecule has 3 aliphatic rings. The van der Waals surface area contributed by atoms with Crippen molar-refractivity contribution in [2.24, 2.45) is 24.8 Å². The Morgan fingerprint density at radius 1 is 1.03 bits per heavy atom. The first-order valence-electron chi connectivity index (χ1n) is 12.9. The molecule has 1 aromatic carbocycles. The molecule has 3 fully saturated rings. The molecule has 2 aliphatic heterocycles. The Bertz CT molecular complexity index is 1220. The number of halogens is 3. The average molecular weight is 500 g/mol. The number of hydrogen-bond donors (Lipinski definition) is 1. The van der Waals surface area contributed by atoms with Gasteiger partial charge in [0.15, 0.2) is 5.82 Å². The summed E-state index contributed by atoms with van der Waals surface area (Å²) in [6.07, 6.45) is 1.42. The van der Waals surface area contributed by atoms with E-state index in [2.05, 4.69) is 20.4 Å². The summed E-state index contributed by atoms with van der Waals surface area (Å²) in [4.78, 5) is 2.56. The zero-order chi connectivity index (χ0) is 24.9. The first-order chi connectivity index (χ1) is 17.3. The van der Waals surface area contributed by atoms with Gasteiger partial charge in [0.2, 0.25) is 0 Å². The second kappa shape index (κ2) is 9.34. The van der Waals surface area contributed by atoms with Gasteiger partial charge in [-0.25, -0.2) is 0 Å². The Morgan fingerprint density at radius 3 is 2.50 bits per heavy atom. The molecule has 36 heavy (non-hydrogen) atoms. The first-order valence-corrected chi connectivity index (χ1v) is 12.9. The van der Waals surface area contributed by atoms with Crippen LogP contribution in [0.2, 0.25) is 0 Å². The number of aryl methyl sites for hydroxylation is 1. The van der Waals surface area contributed by atoms with E-state index >= 15 is 0 Å². The van der Waals surface area contributed by atoms with Gasteiger partial charge in [-0.1, -0.05) is 6.07 Å². The molecule has 6 nitrogen and oxygen atoms in total. The largest absolute Gasteiger partial charge is 0.420 e. The van der Waals surface area contributed by atoms with Crippen LogP contribution in [-0.4, -0.2) is 58.6 Å². The number of benzene rings is 1. The fourth-order valence-electron chi connectivity index (χ4n) is 6.45. The van der Waals surface area contributed by atoms with Gasteiger partial charge in [-0.3, -0.25) is 0 Å². The van der Waals surface area contributed by atoms with Gasteiger partial charge in [0.25, 0.3) is 0 Å². The Balaban J connectivity index is 1.15. The molecule has 1 N–H and O–H groups in total. The summed E-state index contributed by atoms with van der Waals surface area (Å²) in [6.45, 7) is 4.92. The minimum Gasteiger partial charge on any atom is -0.381 e. The van der Waals surface area contributed by atoms with Gasteiger partial charge >= 0.3 is 6.18 Å². The number of rotatable bonds is 5. The molecule has 1 aliphatic carbocycles. The summed E-state index contributed by atoms with van der Waals surface area (Å²) in [5.41, 5.74) is 1.11. The lowest BCUT2D eigenvalue weighted by atomic mass is 10.00. The standard InChI is InChI=1S/C27H32F3N5O/c1-34-7-4-19-10-18(2-3-25(19)34)24-13-23(27(28,29)30)26(33-32-24)31-22-11-20-15-35(16-21(20)12-22)14-17-5-8-36-9-6-17/h2-4,7,10,13,17,20-22H,5-6,8-9,11-12,14-16H2,1H3,(H,31,33)/t20-,21-/m1/s1. The molecule has 0 bridgehead atoms. The van der Waals surface area contributed by atoms with E-state index in [1.54, 1.807) is 6.07 Å². The van der Waals surface area contributed by atoms with Crippen LogP contribution in [0.3, 0.4) is 0 Å². The highest BCUT2D eigenvalue weighted by Gasteiger charge is 2.43. The molecule has 2 aromatic heterocycles. The maximum atomic E-state index is 14.1. The predicted molar refractivity (Wildman–Crippen MR) is 133 cm³/mol. The van der Waals surface area contributed by atoms with Gasteiger partial charge in [-0.05, 0) is 67.7 Å². The summed E-state index contributed by atoms with van der Waals surface area (Å²) >= 11 is 0. The predicted octanol–water partition coefficient (Wildman–Crippen LogP) is 5.20. The maximum Gasteiger partial charge on any atom is 0.420 e. The van der Waals surface area contributed by atoms with E-state index in [0.29, 0.717) is 23.3 Å². The number of anilines is 1. The molecule has 9 heteroatoms. The topological polar surface area (TPSA) is 55.2 Å². The molecular formula is C27H32F3N5O. The monoisotopic (exact) mass is 499 g/mol. The highest BCUT2D eigenvalue weighted by molar-refractivity contribution is 5.85. The third kappa shape index (κ3) is 4.70. The van der Waals surface area contributed by atoms with Crippen molar-refractivity contribution in [1.29, 1.82) is 0 Å². The third-order valence-electron chi connectivity index (χ3n) is 8.31. The van der Waals surface area contributed by atoms with E-state index in [1.807, 2.05) is 36.0 Å². The Morgan fingerprint density at radius 2 is 1.78 bits per heavy atom. The Kier molecular flexibility index (Phi) is 6.16. The van der Waals surface area contributed by atoms with Crippen molar-refractivity contribution in [3.8, 4) is 11.3 Å². The summed E-state index contributed by atoms with van der Waals surface area (Å²) in [5, 5.41) is 12.3. The van der Waals surface area contributed by atoms with Crippen LogP contribution in [0.1, 0.15) is 31.2 Å². The zero-order valence-corrected chi connectivity index (χ0v) is 20.5. The number of ether oxygens (including phenoxy) is 1. The summed E-state index contributed by atoms with van der Waals surface area (Å²) < 4.78 is 49.6. The lowest BCUT2D eigenvalue weighted by molar-refractivity contribution is -0.137. The van der Waals surface area contributed by atoms with E-state index < -0.39 is 11.7 Å². The van der Waals surface area contributed by atoms with Gasteiger partial charge in [-0.2, -0.15) is 13.2 Å². The number of aromatic nitrogens is 3. The van der Waals surface area contributed by atoms with Crippen LogP contribution in [0.5, 0.6) is 0 Å². The number of alkyl halides is 3. The van der Waals surface area contributed by atoms with Gasteiger partial charge in [-0.15, -0.1) is 10.2 Å². The van der Waals surface area contributed by atoms with Crippen molar-refractivity contribution in [1.82, 2.24) is 19.7 Å². The lowest BCUT2D eigenvalue weighted by Crippen LogP contribution is -2.32. The molecule has 2 atom stereocenters. The molecule has 2 saturated heterocycles. The van der Waals surface area contributed by atoms with Crippen LogP contribution in [0.4, 0.5) is 19.0 Å². The van der Waals surface area contributed by atoms with Gasteiger partial charge in [0.05, 0.1) is 5.69 Å². The second-order valence-electron chi connectivity index (χ2n) is 10.8. The molecule has 4 heterocycles. The second-order valence-corrected chi connectivity index (χ2v) is 10.8. The molecule has 0 unspecified atom stereocenters. The van der Waals surface area contributed by atoms with Crippen LogP contribution in [0, 0.1) is 17.8 Å². The molecule has 0 amide bonds. The molecule has 3 aromatic rings. The molecule has 1 saturated carbocycles. The first kappa shape index (κ1) is 23.7. The van der Waals surface area contributed by atoms with E-state index in [9.17, 15) is 13.2 Å². The maximum absolute atomic E-state index is 14.1. The highest BCUT2D eigenvalue weighted by atomic mass is 19.4. The van der Waals surface area contributed by atoms with E-state index in [-0.39, 0.29) is 17.6 Å². The van der Waals surface area contributed by atoms with Gasteiger partial charge in [0.1, 0.15) is 5.56 Å². The highest BCUT2D eigenvalue weighted by Crippen LogP contribution is 2.42. The minimum atomic E-state index is -4.52. The molecule has 192 valence electrons. The normalized spacial score (nSPS) is 24.0. The number of nitrogens with one attached hydrogen (secondary N) is 1. The van der Waals surface area contributed by atoms with Crippen molar-refractivity contribution in [2.75, 3.05) is 38.2 Å². The van der Waals surface area contributed by atoms with Crippen LogP contribution < -0.4 is 5.32 Å². The summed E-state index contributed by atoms with van der Waals surface area (Å²) in [7, 11) is 1.94. The smallest absolute Gasteiger partial charge is 0.381 e. The van der Waals surface area contributed by atoms with Crippen molar-refractivity contribution >= 4 is 16.7 Å². The zero-order valence-electron chi connectivity index (χ0n) is 20.5. The third-order valence-corrected chi connectivity index (χ3v) is 8.31. The lowest BCUT2D eigenvalue weighted by Gasteiger charge is -2.28.